The molecule has 0 fully saturated rings. The average molecular weight is 257 g/mol. The summed E-state index contributed by atoms with van der Waals surface area (Å²) >= 11 is 0. The lowest BCUT2D eigenvalue weighted by Crippen LogP contribution is -2.33. The number of nitrogens with one attached hydrogen (secondary N) is 1. The summed E-state index contributed by atoms with van der Waals surface area (Å²) in [6.07, 6.45) is 1.52. The molecule has 0 radical (unpaired) electrons. The van der Waals surface area contributed by atoms with Crippen LogP contribution in [0.25, 0.3) is 10.8 Å². The molecule has 0 saturated heterocycles. The van der Waals surface area contributed by atoms with Crippen LogP contribution in [0.1, 0.15) is 5.56 Å². The minimum absolute atomic E-state index is 0.274. The van der Waals surface area contributed by atoms with E-state index in [2.05, 4.69) is 10.3 Å². The molecule has 1 aromatic heterocycles. The molecule has 0 amide bonds. The van der Waals surface area contributed by atoms with Crippen LogP contribution < -0.4 is 5.32 Å². The largest absolute Gasteiger partial charge is 0.480 e. The Bertz CT molecular complexity index is 658. The molecule has 1 unspecified atom stereocenters. The molecule has 2 aromatic rings. The van der Waals surface area contributed by atoms with Gasteiger partial charge in [-0.1, -0.05) is 12.1 Å². The van der Waals surface area contributed by atoms with Crippen LogP contribution in [0.5, 0.6) is 0 Å². The number of anilines is 1. The highest BCUT2D eigenvalue weighted by Gasteiger charge is 2.18. The van der Waals surface area contributed by atoms with Crippen molar-refractivity contribution in [2.75, 3.05) is 11.9 Å². The maximum absolute atomic E-state index is 10.9. The Hall–Kier alpha value is -2.65. The molecule has 1 heterocycles. The molecule has 3 N–H and O–H groups in total. The third-order valence-electron chi connectivity index (χ3n) is 2.70. The highest BCUT2D eigenvalue weighted by Crippen LogP contribution is 2.25. The first-order valence-electron chi connectivity index (χ1n) is 5.55. The standard InChI is InChI=1S/C13H11N3O3/c14-6-9-3-1-2-8-4-5-15-12(11(8)9)16-10(7-17)13(18)19/h1-5,10,17H,7H2,(H,15,16)(H,18,19). The van der Waals surface area contributed by atoms with E-state index in [1.54, 1.807) is 24.3 Å². The van der Waals surface area contributed by atoms with Crippen LogP contribution in [-0.4, -0.2) is 33.8 Å². The van der Waals surface area contributed by atoms with Crippen molar-refractivity contribution in [3.8, 4) is 6.07 Å². The number of aliphatic carboxylic acids is 1. The first-order valence-corrected chi connectivity index (χ1v) is 5.55. The predicted octanol–water partition coefficient (Wildman–Crippen LogP) is 0.964. The second-order valence-electron chi connectivity index (χ2n) is 3.89. The van der Waals surface area contributed by atoms with Crippen LogP contribution in [0.15, 0.2) is 30.5 Å². The van der Waals surface area contributed by atoms with Crippen molar-refractivity contribution >= 4 is 22.6 Å². The van der Waals surface area contributed by atoms with Gasteiger partial charge in [-0.2, -0.15) is 5.26 Å². The van der Waals surface area contributed by atoms with Gasteiger partial charge in [-0.25, -0.2) is 9.78 Å². The summed E-state index contributed by atoms with van der Waals surface area (Å²) in [6, 6.07) is 7.78. The summed E-state index contributed by atoms with van der Waals surface area (Å²) in [4.78, 5) is 15.0. The van der Waals surface area contributed by atoms with E-state index < -0.39 is 18.6 Å². The van der Waals surface area contributed by atoms with Crippen molar-refractivity contribution < 1.29 is 15.0 Å². The Kier molecular flexibility index (Phi) is 3.59. The second kappa shape index (κ2) is 5.33. The summed E-state index contributed by atoms with van der Waals surface area (Å²) in [5, 5.41) is 31.0. The maximum Gasteiger partial charge on any atom is 0.328 e. The van der Waals surface area contributed by atoms with Gasteiger partial charge in [0.25, 0.3) is 0 Å². The van der Waals surface area contributed by atoms with Crippen LogP contribution >= 0.6 is 0 Å². The van der Waals surface area contributed by atoms with Gasteiger partial charge in [-0.3, -0.25) is 0 Å². The molecule has 1 aromatic carbocycles. The lowest BCUT2D eigenvalue weighted by atomic mass is 10.1. The van der Waals surface area contributed by atoms with E-state index in [0.717, 1.165) is 5.39 Å². The summed E-state index contributed by atoms with van der Waals surface area (Å²) in [5.41, 5.74) is 0.398. The maximum atomic E-state index is 10.9. The van der Waals surface area contributed by atoms with Crippen molar-refractivity contribution in [3.05, 3.63) is 36.0 Å². The quantitative estimate of drug-likeness (QED) is 0.753. The van der Waals surface area contributed by atoms with Crippen molar-refractivity contribution in [2.45, 2.75) is 6.04 Å². The number of carbonyl (C=O) groups is 1. The second-order valence-corrected chi connectivity index (χ2v) is 3.89. The van der Waals surface area contributed by atoms with Crippen molar-refractivity contribution in [3.63, 3.8) is 0 Å². The van der Waals surface area contributed by atoms with E-state index in [4.69, 9.17) is 15.5 Å². The molecular formula is C13H11N3O3. The van der Waals surface area contributed by atoms with Crippen molar-refractivity contribution in [2.24, 2.45) is 0 Å². The summed E-state index contributed by atoms with van der Waals surface area (Å²) < 4.78 is 0. The van der Waals surface area contributed by atoms with Gasteiger partial charge in [0, 0.05) is 11.6 Å². The Labute approximate surface area is 108 Å². The molecule has 6 heteroatoms. The molecule has 2 rings (SSSR count). The number of hydrogen-bond acceptors (Lipinski definition) is 5. The Morgan fingerprint density at radius 1 is 1.47 bits per heavy atom. The number of benzene rings is 1. The van der Waals surface area contributed by atoms with Gasteiger partial charge < -0.3 is 15.5 Å². The van der Waals surface area contributed by atoms with E-state index in [0.29, 0.717) is 10.9 Å². The number of nitriles is 1. The van der Waals surface area contributed by atoms with Gasteiger partial charge in [0.2, 0.25) is 0 Å². The van der Waals surface area contributed by atoms with Crippen LogP contribution in [0.2, 0.25) is 0 Å². The van der Waals surface area contributed by atoms with Gasteiger partial charge in [0.15, 0.2) is 0 Å². The van der Waals surface area contributed by atoms with E-state index in [9.17, 15) is 4.79 Å². The number of fused-ring (bicyclic) bond motifs is 1. The monoisotopic (exact) mass is 257 g/mol. The number of nitrogens with zero attached hydrogens (tertiary/aromatic N) is 2. The first kappa shape index (κ1) is 12.8. The van der Waals surface area contributed by atoms with E-state index in [1.807, 2.05) is 6.07 Å². The molecular weight excluding hydrogens is 246 g/mol. The normalized spacial score (nSPS) is 11.8. The fraction of sp³-hybridized carbons (Fsp3) is 0.154. The zero-order valence-corrected chi connectivity index (χ0v) is 9.87. The number of aromatic nitrogens is 1. The molecule has 1 atom stereocenters. The van der Waals surface area contributed by atoms with Gasteiger partial charge in [0.05, 0.1) is 18.2 Å². The number of hydrogen-bond donors (Lipinski definition) is 3. The molecule has 0 aliphatic heterocycles. The van der Waals surface area contributed by atoms with Gasteiger partial charge >= 0.3 is 5.97 Å². The van der Waals surface area contributed by atoms with Gasteiger partial charge in [-0.05, 0) is 17.5 Å². The van der Waals surface area contributed by atoms with Crippen LogP contribution in [0.4, 0.5) is 5.82 Å². The first-order chi connectivity index (χ1) is 9.17. The van der Waals surface area contributed by atoms with Gasteiger partial charge in [0.1, 0.15) is 11.9 Å². The topological polar surface area (TPSA) is 106 Å². The number of aliphatic hydroxyl groups excluding tert-OH is 1. The molecule has 0 aliphatic carbocycles. The zero-order valence-electron chi connectivity index (χ0n) is 9.87. The Balaban J connectivity index is 2.55. The van der Waals surface area contributed by atoms with Crippen molar-refractivity contribution in [1.29, 1.82) is 5.26 Å². The third kappa shape index (κ3) is 2.46. The summed E-state index contributed by atoms with van der Waals surface area (Å²) in [6.45, 7) is -0.567. The zero-order chi connectivity index (χ0) is 13.8. The molecule has 0 spiro atoms. The summed E-state index contributed by atoms with van der Waals surface area (Å²) in [5.74, 6) is -0.910. The van der Waals surface area contributed by atoms with E-state index in [-0.39, 0.29) is 5.82 Å². The predicted molar refractivity (Wildman–Crippen MR) is 68.6 cm³/mol. The molecule has 19 heavy (non-hydrogen) atoms. The highest BCUT2D eigenvalue weighted by molar-refractivity contribution is 5.97. The fourth-order valence-electron chi connectivity index (χ4n) is 1.78. The SMILES string of the molecule is N#Cc1cccc2ccnc(NC(CO)C(=O)O)c12. The molecule has 6 nitrogen and oxygen atoms in total. The Morgan fingerprint density at radius 2 is 2.26 bits per heavy atom. The fourth-order valence-corrected chi connectivity index (χ4v) is 1.78. The number of aliphatic hydroxyl groups is 1. The highest BCUT2D eigenvalue weighted by atomic mass is 16.4. The minimum atomic E-state index is -1.18. The lowest BCUT2D eigenvalue weighted by molar-refractivity contribution is -0.138. The van der Waals surface area contributed by atoms with E-state index in [1.165, 1.54) is 6.20 Å². The minimum Gasteiger partial charge on any atom is -0.480 e. The van der Waals surface area contributed by atoms with E-state index >= 15 is 0 Å². The average Bonchev–Trinajstić information content (AvgIpc) is 2.43. The number of carboxylic acids is 1. The van der Waals surface area contributed by atoms with Crippen LogP contribution in [-0.2, 0) is 4.79 Å². The lowest BCUT2D eigenvalue weighted by Gasteiger charge is -2.14. The molecule has 96 valence electrons. The number of carboxylic acid groups (broad SMARTS) is 1. The van der Waals surface area contributed by atoms with Crippen LogP contribution in [0, 0.1) is 11.3 Å². The van der Waals surface area contributed by atoms with Crippen molar-refractivity contribution in [1.82, 2.24) is 4.98 Å². The smallest absolute Gasteiger partial charge is 0.328 e. The molecule has 0 saturated carbocycles. The molecule has 0 aliphatic rings. The molecule has 0 bridgehead atoms. The van der Waals surface area contributed by atoms with Gasteiger partial charge in [-0.15, -0.1) is 0 Å². The number of pyridine rings is 1. The third-order valence-corrected chi connectivity index (χ3v) is 2.70. The van der Waals surface area contributed by atoms with Crippen LogP contribution in [0.3, 0.4) is 0 Å². The summed E-state index contributed by atoms with van der Waals surface area (Å²) in [7, 11) is 0. The number of rotatable bonds is 4. The Morgan fingerprint density at radius 3 is 2.89 bits per heavy atom.